The first-order chi connectivity index (χ1) is 13.0. The largest absolute Gasteiger partial charge is 0.365 e. The Labute approximate surface area is 161 Å². The quantitative estimate of drug-likeness (QED) is 0.549. The van der Waals surface area contributed by atoms with Crippen LogP contribution in [0.5, 0.6) is 0 Å². The van der Waals surface area contributed by atoms with Gasteiger partial charge in [-0.2, -0.15) is 0 Å². The second kappa shape index (κ2) is 5.13. The van der Waals surface area contributed by atoms with Crippen molar-refractivity contribution in [1.82, 2.24) is 0 Å². The van der Waals surface area contributed by atoms with Crippen LogP contribution in [0.1, 0.15) is 27.2 Å². The maximum Gasteiger partial charge on any atom is 0.229 e. The summed E-state index contributed by atoms with van der Waals surface area (Å²) in [5.74, 6) is -6.61. The Morgan fingerprint density at radius 2 is 1.68 bits per heavy atom. The number of carbonyl (C=O) groups excluding carboxylic acids is 1. The molecule has 0 aromatic carbocycles. The van der Waals surface area contributed by atoms with Gasteiger partial charge < -0.3 is 43.4 Å². The molecule has 6 bridgehead atoms. The van der Waals surface area contributed by atoms with Gasteiger partial charge in [0, 0.05) is 26.1 Å². The van der Waals surface area contributed by atoms with Gasteiger partial charge in [-0.1, -0.05) is 6.92 Å². The van der Waals surface area contributed by atoms with Crippen molar-refractivity contribution in [3.8, 4) is 0 Å². The molecule has 3 aliphatic heterocycles. The van der Waals surface area contributed by atoms with Crippen molar-refractivity contribution in [3.63, 3.8) is 0 Å². The molecule has 10 heteroatoms. The highest BCUT2D eigenvalue weighted by Crippen LogP contribution is 2.83. The lowest BCUT2D eigenvalue weighted by Gasteiger charge is -2.50. The Hall–Kier alpha value is -0.690. The van der Waals surface area contributed by atoms with Crippen LogP contribution >= 0.6 is 0 Å². The fraction of sp³-hybridized carbons (Fsp3) is 0.944. The Bertz CT molecular complexity index is 742. The number of hydrogen-bond acceptors (Lipinski definition) is 10. The Balaban J connectivity index is 1.75. The van der Waals surface area contributed by atoms with E-state index in [1.807, 2.05) is 0 Å². The molecule has 0 amide bonds. The standard InChI is InChI=1S/C18H26O10/c1-13(2)26-16-10-9(24-7-22-4)11(19)17(16,27-13)14(3)6-15(10,20)28-18(16,21)12(14)25-8-23-5/h9-10,12,20-21H,6-8H2,1-5H3/t9-,10+,12-,14-,15?,16+,17+,18-/m0/s1. The second-order valence-corrected chi connectivity index (χ2v) is 9.05. The van der Waals surface area contributed by atoms with Crippen molar-refractivity contribution in [2.75, 3.05) is 27.8 Å². The summed E-state index contributed by atoms with van der Waals surface area (Å²) >= 11 is 0. The van der Waals surface area contributed by atoms with Crippen molar-refractivity contribution >= 4 is 5.78 Å². The van der Waals surface area contributed by atoms with Crippen LogP contribution in [0.4, 0.5) is 0 Å². The lowest BCUT2D eigenvalue weighted by atomic mass is 9.61. The third-order valence-corrected chi connectivity index (χ3v) is 7.10. The molecule has 0 aromatic rings. The van der Waals surface area contributed by atoms with Gasteiger partial charge in [0.1, 0.15) is 25.8 Å². The minimum atomic E-state index is -2.13. The summed E-state index contributed by atoms with van der Waals surface area (Å²) in [7, 11) is 2.88. The van der Waals surface area contributed by atoms with Crippen LogP contribution in [0.2, 0.25) is 0 Å². The Kier molecular flexibility index (Phi) is 3.53. The molecular formula is C18H26O10. The Morgan fingerprint density at radius 1 is 1.04 bits per heavy atom. The third-order valence-electron chi connectivity index (χ3n) is 7.10. The summed E-state index contributed by atoms with van der Waals surface area (Å²) in [4.78, 5) is 13.8. The van der Waals surface area contributed by atoms with Gasteiger partial charge in [-0.3, -0.25) is 4.79 Å². The van der Waals surface area contributed by atoms with Gasteiger partial charge in [0.2, 0.25) is 5.79 Å². The van der Waals surface area contributed by atoms with Crippen molar-refractivity contribution in [2.24, 2.45) is 11.3 Å². The van der Waals surface area contributed by atoms with E-state index in [9.17, 15) is 15.0 Å². The average Bonchev–Trinajstić information content (AvgIpc) is 3.04. The summed E-state index contributed by atoms with van der Waals surface area (Å²) in [5.41, 5.74) is -4.47. The van der Waals surface area contributed by atoms with Gasteiger partial charge in [-0.05, 0) is 13.8 Å². The molecule has 3 saturated heterocycles. The minimum absolute atomic E-state index is 0.00112. The summed E-state index contributed by atoms with van der Waals surface area (Å²) in [6.45, 7) is 4.76. The van der Waals surface area contributed by atoms with E-state index in [0.29, 0.717) is 0 Å². The molecule has 0 radical (unpaired) electrons. The van der Waals surface area contributed by atoms with Crippen molar-refractivity contribution in [3.05, 3.63) is 0 Å². The topological polar surface area (TPSA) is 122 Å². The molecule has 6 aliphatic rings. The van der Waals surface area contributed by atoms with E-state index in [1.165, 1.54) is 14.2 Å². The van der Waals surface area contributed by atoms with Crippen molar-refractivity contribution in [2.45, 2.75) is 68.0 Å². The first-order valence-corrected chi connectivity index (χ1v) is 9.30. The summed E-state index contributed by atoms with van der Waals surface area (Å²) < 4.78 is 39.8. The fourth-order valence-corrected chi connectivity index (χ4v) is 6.84. The number of aliphatic hydroxyl groups is 2. The van der Waals surface area contributed by atoms with E-state index in [4.69, 9.17) is 33.2 Å². The normalized spacial score (nSPS) is 57.4. The van der Waals surface area contributed by atoms with Crippen molar-refractivity contribution < 1.29 is 48.2 Å². The van der Waals surface area contributed by atoms with Crippen LogP contribution in [0.15, 0.2) is 0 Å². The third kappa shape index (κ3) is 1.61. The fourth-order valence-electron chi connectivity index (χ4n) is 6.84. The molecule has 158 valence electrons. The lowest BCUT2D eigenvalue weighted by molar-refractivity contribution is -0.393. The molecule has 6 rings (SSSR count). The summed E-state index contributed by atoms with van der Waals surface area (Å²) in [5, 5.41) is 23.2. The van der Waals surface area contributed by atoms with E-state index in [2.05, 4.69) is 0 Å². The summed E-state index contributed by atoms with van der Waals surface area (Å²) in [6, 6.07) is 0. The average molecular weight is 402 g/mol. The van der Waals surface area contributed by atoms with Gasteiger partial charge in [0.25, 0.3) is 0 Å². The number of methoxy groups -OCH3 is 2. The smallest absolute Gasteiger partial charge is 0.229 e. The van der Waals surface area contributed by atoms with Crippen molar-refractivity contribution in [1.29, 1.82) is 0 Å². The highest BCUT2D eigenvalue weighted by atomic mass is 16.8. The number of ether oxygens (including phenoxy) is 7. The van der Waals surface area contributed by atoms with Crippen LogP contribution in [-0.2, 0) is 38.0 Å². The summed E-state index contributed by atoms with van der Waals surface area (Å²) in [6.07, 6.45) is -2.14. The zero-order valence-electron chi connectivity index (χ0n) is 16.5. The van der Waals surface area contributed by atoms with E-state index >= 15 is 0 Å². The Morgan fingerprint density at radius 3 is 2.32 bits per heavy atom. The number of Topliss-reactive ketones (excluding diaryl/α,β-unsaturated/α-hetero) is 1. The van der Waals surface area contributed by atoms with Crippen LogP contribution < -0.4 is 0 Å². The van der Waals surface area contributed by atoms with Gasteiger partial charge in [-0.25, -0.2) is 0 Å². The highest BCUT2D eigenvalue weighted by Gasteiger charge is 3.05. The van der Waals surface area contributed by atoms with E-state index in [-0.39, 0.29) is 20.0 Å². The van der Waals surface area contributed by atoms with Crippen LogP contribution in [0, 0.1) is 11.3 Å². The van der Waals surface area contributed by atoms with E-state index in [0.717, 1.165) is 0 Å². The van der Waals surface area contributed by atoms with Gasteiger partial charge in [0.05, 0.1) is 5.92 Å². The molecule has 1 unspecified atom stereocenters. The lowest BCUT2D eigenvalue weighted by Crippen LogP contribution is -2.66. The zero-order chi connectivity index (χ0) is 20.4. The molecule has 6 fully saturated rings. The molecule has 3 aliphatic carbocycles. The number of carbonyl (C=O) groups is 1. The van der Waals surface area contributed by atoms with E-state index in [1.54, 1.807) is 20.8 Å². The van der Waals surface area contributed by atoms with Crippen LogP contribution in [-0.4, -0.2) is 84.6 Å². The maximum absolute atomic E-state index is 13.8. The van der Waals surface area contributed by atoms with E-state index < -0.39 is 57.9 Å². The predicted molar refractivity (Wildman–Crippen MR) is 87.4 cm³/mol. The maximum atomic E-state index is 13.8. The molecule has 28 heavy (non-hydrogen) atoms. The molecule has 0 aromatic heterocycles. The van der Waals surface area contributed by atoms with Gasteiger partial charge in [-0.15, -0.1) is 0 Å². The zero-order valence-corrected chi connectivity index (χ0v) is 16.5. The van der Waals surface area contributed by atoms with Crippen LogP contribution in [0.3, 0.4) is 0 Å². The molecule has 10 nitrogen and oxygen atoms in total. The molecule has 1 spiro atoms. The molecule has 8 atom stereocenters. The number of hydrogen-bond donors (Lipinski definition) is 2. The van der Waals surface area contributed by atoms with Gasteiger partial charge in [0.15, 0.2) is 28.6 Å². The number of rotatable bonds is 6. The highest BCUT2D eigenvalue weighted by molar-refractivity contribution is 6.00. The monoisotopic (exact) mass is 402 g/mol. The molecular weight excluding hydrogens is 376 g/mol. The molecule has 3 saturated carbocycles. The van der Waals surface area contributed by atoms with Crippen LogP contribution in [0.25, 0.3) is 0 Å². The molecule has 2 N–H and O–H groups in total. The second-order valence-electron chi connectivity index (χ2n) is 9.05. The van der Waals surface area contributed by atoms with Gasteiger partial charge >= 0.3 is 0 Å². The first kappa shape index (κ1) is 19.3. The minimum Gasteiger partial charge on any atom is -0.365 e. The first-order valence-electron chi connectivity index (χ1n) is 9.30. The predicted octanol–water partition coefficient (Wildman–Crippen LogP) is -0.745. The molecule has 3 heterocycles. The number of ketones is 1. The SMILES string of the molecule is COCO[C@@H]1C(=O)[C@]23OC(C)(C)O[C@]24[C@H]1C1(O)C[C@@]3(C)[C@H](OCOC)[C@]4(O)O1.